The number of hydrogen-bond donors (Lipinski definition) is 0. The molecule has 12 heavy (non-hydrogen) atoms. The predicted octanol–water partition coefficient (Wildman–Crippen LogP) is 2.88. The molecule has 0 amide bonds. The number of carbonyl (C=O) groups is 1. The predicted molar refractivity (Wildman–Crippen MR) is 50.9 cm³/mol. The minimum Gasteiger partial charge on any atom is -0.295 e. The molecule has 0 bridgehead atoms. The first-order valence-electron chi connectivity index (χ1n) is 4.41. The van der Waals surface area contributed by atoms with Crippen molar-refractivity contribution in [2.45, 2.75) is 33.1 Å². The van der Waals surface area contributed by atoms with Crippen LogP contribution in [0.3, 0.4) is 0 Å². The summed E-state index contributed by atoms with van der Waals surface area (Å²) in [5, 5.41) is 0. The van der Waals surface area contributed by atoms with E-state index < -0.39 is 0 Å². The van der Waals surface area contributed by atoms with Crippen molar-refractivity contribution >= 4 is 5.78 Å². The Morgan fingerprint density at radius 1 is 1.83 bits per heavy atom. The highest BCUT2D eigenvalue weighted by atomic mass is 16.1. The van der Waals surface area contributed by atoms with E-state index in [-0.39, 0.29) is 11.2 Å². The summed E-state index contributed by atoms with van der Waals surface area (Å²) in [6.45, 7) is 7.55. The zero-order valence-corrected chi connectivity index (χ0v) is 7.89. The van der Waals surface area contributed by atoms with E-state index in [1.54, 1.807) is 6.92 Å². The third-order valence-electron chi connectivity index (χ3n) is 2.55. The van der Waals surface area contributed by atoms with Crippen molar-refractivity contribution in [3.63, 3.8) is 0 Å². The van der Waals surface area contributed by atoms with E-state index in [0.29, 0.717) is 0 Å². The number of carbonyl (C=O) groups excluding carboxylic acids is 1. The van der Waals surface area contributed by atoms with Crippen molar-refractivity contribution in [1.29, 1.82) is 0 Å². The molecule has 0 radical (unpaired) electrons. The van der Waals surface area contributed by atoms with Crippen LogP contribution in [0.4, 0.5) is 0 Å². The minimum absolute atomic E-state index is 0.197. The van der Waals surface area contributed by atoms with E-state index in [1.165, 1.54) is 0 Å². The zero-order chi connectivity index (χ0) is 9.19. The highest BCUT2D eigenvalue weighted by Gasteiger charge is 2.27. The van der Waals surface area contributed by atoms with Gasteiger partial charge in [-0.15, -0.1) is 6.58 Å². The van der Waals surface area contributed by atoms with Crippen LogP contribution >= 0.6 is 0 Å². The maximum absolute atomic E-state index is 11.0. The topological polar surface area (TPSA) is 17.1 Å². The average Bonchev–Trinajstić information content (AvgIpc) is 2.33. The van der Waals surface area contributed by atoms with Crippen LogP contribution < -0.4 is 0 Å². The number of rotatable bonds is 3. The Morgan fingerprint density at radius 3 is 2.92 bits per heavy atom. The highest BCUT2D eigenvalue weighted by molar-refractivity contribution is 5.93. The fourth-order valence-electron chi connectivity index (χ4n) is 1.75. The fraction of sp³-hybridized carbons (Fsp3) is 0.545. The molecule has 0 N–H and O–H groups in total. The van der Waals surface area contributed by atoms with Gasteiger partial charge in [-0.1, -0.05) is 19.1 Å². The van der Waals surface area contributed by atoms with Crippen LogP contribution in [0.15, 0.2) is 24.3 Å². The summed E-state index contributed by atoms with van der Waals surface area (Å²) in [7, 11) is 0. The van der Waals surface area contributed by atoms with Gasteiger partial charge in [0.1, 0.15) is 0 Å². The van der Waals surface area contributed by atoms with Crippen LogP contribution in [0.25, 0.3) is 0 Å². The summed E-state index contributed by atoms with van der Waals surface area (Å²) < 4.78 is 0. The molecule has 1 rings (SSSR count). The first kappa shape index (κ1) is 9.24. The van der Waals surface area contributed by atoms with Gasteiger partial charge in [0.15, 0.2) is 5.78 Å². The lowest BCUT2D eigenvalue weighted by Crippen LogP contribution is -2.06. The Hall–Kier alpha value is -0.850. The maximum atomic E-state index is 11.0. The van der Waals surface area contributed by atoms with Gasteiger partial charge >= 0.3 is 0 Å². The van der Waals surface area contributed by atoms with Crippen LogP contribution in [0.1, 0.15) is 33.1 Å². The van der Waals surface area contributed by atoms with Gasteiger partial charge in [-0.05, 0) is 37.2 Å². The molecule has 0 fully saturated rings. The van der Waals surface area contributed by atoms with Crippen molar-refractivity contribution in [2.24, 2.45) is 5.41 Å². The first-order chi connectivity index (χ1) is 5.57. The summed E-state index contributed by atoms with van der Waals surface area (Å²) >= 11 is 0. The summed E-state index contributed by atoms with van der Waals surface area (Å²) in [4.78, 5) is 11.0. The second kappa shape index (κ2) is 3.26. The van der Waals surface area contributed by atoms with Crippen LogP contribution in [0, 0.1) is 5.41 Å². The van der Waals surface area contributed by atoms with Gasteiger partial charge in [0.2, 0.25) is 0 Å². The lowest BCUT2D eigenvalue weighted by Gasteiger charge is -2.18. The third kappa shape index (κ3) is 1.84. The second-order valence-corrected chi connectivity index (χ2v) is 3.87. The Balaban J connectivity index is 2.74. The van der Waals surface area contributed by atoms with E-state index >= 15 is 0 Å². The number of Topliss-reactive ketones (excluding diaryl/α,β-unsaturated/α-hetero) is 1. The van der Waals surface area contributed by atoms with Crippen molar-refractivity contribution in [2.75, 3.05) is 0 Å². The van der Waals surface area contributed by atoms with Crippen LogP contribution in [0.2, 0.25) is 0 Å². The quantitative estimate of drug-likeness (QED) is 0.586. The van der Waals surface area contributed by atoms with Gasteiger partial charge in [-0.2, -0.15) is 0 Å². The summed E-state index contributed by atoms with van der Waals surface area (Å²) in [6.07, 6.45) is 7.06. The second-order valence-electron chi connectivity index (χ2n) is 3.87. The Bertz CT molecular complexity index is 237. The molecule has 0 saturated carbocycles. The molecule has 0 spiro atoms. The standard InChI is InChI=1S/C11H16O/c1-4-6-11(3)7-5-10(8-11)9(2)12/h4,8H,1,5-7H2,2-3H3. The SMILES string of the molecule is C=CCC1(C)C=C(C(C)=O)CC1. The molecule has 1 nitrogen and oxygen atoms in total. The molecule has 0 saturated heterocycles. The van der Waals surface area contributed by atoms with Gasteiger partial charge in [0.25, 0.3) is 0 Å². The molecular weight excluding hydrogens is 148 g/mol. The molecule has 1 heteroatoms. The normalized spacial score (nSPS) is 28.3. The lowest BCUT2D eigenvalue weighted by atomic mass is 9.87. The Morgan fingerprint density at radius 2 is 2.50 bits per heavy atom. The van der Waals surface area contributed by atoms with Crippen LogP contribution in [0.5, 0.6) is 0 Å². The summed E-state index contributed by atoms with van der Waals surface area (Å²) in [5.74, 6) is 0.225. The monoisotopic (exact) mass is 164 g/mol. The molecular formula is C11H16O. The molecule has 0 aromatic rings. The van der Waals surface area contributed by atoms with E-state index in [4.69, 9.17) is 0 Å². The lowest BCUT2D eigenvalue weighted by molar-refractivity contribution is -0.113. The van der Waals surface area contributed by atoms with Crippen molar-refractivity contribution in [3.8, 4) is 0 Å². The molecule has 0 aliphatic heterocycles. The number of ketones is 1. The van der Waals surface area contributed by atoms with Gasteiger partial charge in [-0.25, -0.2) is 0 Å². The van der Waals surface area contributed by atoms with Crippen LogP contribution in [-0.2, 0) is 4.79 Å². The Kier molecular flexibility index (Phi) is 2.51. The smallest absolute Gasteiger partial charge is 0.155 e. The van der Waals surface area contributed by atoms with E-state index in [9.17, 15) is 4.79 Å². The van der Waals surface area contributed by atoms with Crippen molar-refractivity contribution in [3.05, 3.63) is 24.3 Å². The zero-order valence-electron chi connectivity index (χ0n) is 7.89. The minimum atomic E-state index is 0.197. The summed E-state index contributed by atoms with van der Waals surface area (Å²) in [5.41, 5.74) is 1.20. The largest absolute Gasteiger partial charge is 0.295 e. The van der Waals surface area contributed by atoms with E-state index in [2.05, 4.69) is 19.6 Å². The van der Waals surface area contributed by atoms with E-state index in [0.717, 1.165) is 24.8 Å². The third-order valence-corrected chi connectivity index (χ3v) is 2.55. The Labute approximate surface area is 74.2 Å². The molecule has 1 atom stereocenters. The molecule has 66 valence electrons. The van der Waals surface area contributed by atoms with Crippen molar-refractivity contribution in [1.82, 2.24) is 0 Å². The van der Waals surface area contributed by atoms with Crippen molar-refractivity contribution < 1.29 is 4.79 Å². The molecule has 0 heterocycles. The average molecular weight is 164 g/mol. The molecule has 1 aliphatic carbocycles. The van der Waals surface area contributed by atoms with Gasteiger partial charge in [0, 0.05) is 0 Å². The molecule has 1 aliphatic rings. The maximum Gasteiger partial charge on any atom is 0.155 e. The molecule has 0 aromatic heterocycles. The number of hydrogen-bond acceptors (Lipinski definition) is 1. The summed E-state index contributed by atoms with van der Waals surface area (Å²) in [6, 6.07) is 0. The van der Waals surface area contributed by atoms with Crippen LogP contribution in [-0.4, -0.2) is 5.78 Å². The fourth-order valence-corrected chi connectivity index (χ4v) is 1.75. The van der Waals surface area contributed by atoms with Gasteiger partial charge in [0.05, 0.1) is 0 Å². The highest BCUT2D eigenvalue weighted by Crippen LogP contribution is 2.38. The number of allylic oxidation sites excluding steroid dienone is 3. The molecule has 0 aromatic carbocycles. The van der Waals surface area contributed by atoms with E-state index in [1.807, 2.05) is 6.08 Å². The first-order valence-corrected chi connectivity index (χ1v) is 4.41. The van der Waals surface area contributed by atoms with Gasteiger partial charge < -0.3 is 0 Å². The van der Waals surface area contributed by atoms with Gasteiger partial charge in [-0.3, -0.25) is 4.79 Å². The molecule has 1 unspecified atom stereocenters.